The van der Waals surface area contributed by atoms with E-state index in [4.69, 9.17) is 4.74 Å². The number of hydrogen-bond acceptors (Lipinski definition) is 2. The van der Waals surface area contributed by atoms with Crippen LogP contribution in [-0.4, -0.2) is 43.7 Å². The van der Waals surface area contributed by atoms with Crippen molar-refractivity contribution >= 4 is 5.97 Å². The van der Waals surface area contributed by atoms with E-state index in [0.717, 1.165) is 48.8 Å². The Morgan fingerprint density at radius 1 is 1.04 bits per heavy atom. The van der Waals surface area contributed by atoms with E-state index in [1.165, 1.54) is 12.8 Å². The second-order valence-corrected chi connectivity index (χ2v) is 7.95. The van der Waals surface area contributed by atoms with Crippen LogP contribution in [0.4, 0.5) is 0 Å². The molecule has 1 saturated carbocycles. The number of nitrogens with zero attached hydrogens (tertiary/aromatic N) is 1. The lowest BCUT2D eigenvalue weighted by Gasteiger charge is -2.37. The zero-order valence-electron chi connectivity index (χ0n) is 14.9. The van der Waals surface area contributed by atoms with Crippen LogP contribution in [-0.2, 0) is 9.53 Å². The van der Waals surface area contributed by atoms with Crippen LogP contribution in [0, 0.1) is 5.92 Å². The Balaban J connectivity index is 0.00000208. The van der Waals surface area contributed by atoms with Crippen molar-refractivity contribution in [3.63, 3.8) is 0 Å². The third kappa shape index (κ3) is 4.94. The molecular formula is C20H30INO2. The van der Waals surface area contributed by atoms with Crippen molar-refractivity contribution in [3.8, 4) is 0 Å². The molecule has 1 aromatic rings. The summed E-state index contributed by atoms with van der Waals surface area (Å²) < 4.78 is 7.01. The molecule has 1 aromatic carbocycles. The average Bonchev–Trinajstić information content (AvgIpc) is 3.05. The second kappa shape index (κ2) is 8.65. The molecule has 0 spiro atoms. The standard InChI is InChI=1S/C20H30NO2.HI/c1-21(2)14-12-18(13-15-21)23-20(22)19(17-10-6-7-11-17)16-8-4-3-5-9-16;/h3-5,8-9,17-19H,6-7,10-15H2,1-2H3;1H/q+1;/p-1. The molecule has 3 rings (SSSR count). The zero-order valence-corrected chi connectivity index (χ0v) is 17.1. The van der Waals surface area contributed by atoms with Crippen LogP contribution >= 0.6 is 0 Å². The first kappa shape index (κ1) is 19.7. The van der Waals surface area contributed by atoms with Gasteiger partial charge >= 0.3 is 5.97 Å². The van der Waals surface area contributed by atoms with Crippen molar-refractivity contribution in [3.05, 3.63) is 35.9 Å². The van der Waals surface area contributed by atoms with Crippen molar-refractivity contribution in [2.24, 2.45) is 5.92 Å². The molecule has 3 nitrogen and oxygen atoms in total. The number of carbonyl (C=O) groups excluding carboxylic acids is 1. The summed E-state index contributed by atoms with van der Waals surface area (Å²) in [5.41, 5.74) is 1.14. The van der Waals surface area contributed by atoms with Crippen LogP contribution in [0.3, 0.4) is 0 Å². The smallest absolute Gasteiger partial charge is 0.313 e. The number of rotatable bonds is 4. The number of quaternary nitrogens is 1. The van der Waals surface area contributed by atoms with E-state index >= 15 is 0 Å². The Morgan fingerprint density at radius 3 is 2.21 bits per heavy atom. The summed E-state index contributed by atoms with van der Waals surface area (Å²) in [7, 11) is 4.51. The van der Waals surface area contributed by atoms with Gasteiger partial charge < -0.3 is 33.2 Å². The minimum Gasteiger partial charge on any atom is -1.00 e. The summed E-state index contributed by atoms with van der Waals surface area (Å²) in [6, 6.07) is 10.3. The summed E-state index contributed by atoms with van der Waals surface area (Å²) in [4.78, 5) is 12.9. The summed E-state index contributed by atoms with van der Waals surface area (Å²) >= 11 is 0. The van der Waals surface area contributed by atoms with Gasteiger partial charge in [0, 0.05) is 12.8 Å². The fourth-order valence-electron chi connectivity index (χ4n) is 4.15. The fraction of sp³-hybridized carbons (Fsp3) is 0.650. The minimum atomic E-state index is -0.0665. The van der Waals surface area contributed by atoms with Crippen LogP contribution in [0.25, 0.3) is 0 Å². The lowest BCUT2D eigenvalue weighted by molar-refractivity contribution is -0.896. The molecule has 4 heteroatoms. The fourth-order valence-corrected chi connectivity index (χ4v) is 4.15. The molecule has 0 radical (unpaired) electrons. The maximum atomic E-state index is 12.9. The van der Waals surface area contributed by atoms with Crippen LogP contribution < -0.4 is 24.0 Å². The molecule has 1 atom stereocenters. The number of likely N-dealkylation sites (tertiary alicyclic amines) is 1. The first-order chi connectivity index (χ1) is 11.1. The summed E-state index contributed by atoms with van der Waals surface area (Å²) in [6.45, 7) is 2.19. The Bertz CT molecular complexity index is 516. The van der Waals surface area contributed by atoms with Crippen LogP contribution in [0.2, 0.25) is 0 Å². The van der Waals surface area contributed by atoms with Gasteiger partial charge in [0.1, 0.15) is 6.10 Å². The number of ether oxygens (including phenoxy) is 1. The highest BCUT2D eigenvalue weighted by Gasteiger charge is 2.36. The Kier molecular flexibility index (Phi) is 7.10. The van der Waals surface area contributed by atoms with Crippen molar-refractivity contribution in [2.75, 3.05) is 27.2 Å². The minimum absolute atomic E-state index is 0. The van der Waals surface area contributed by atoms with Crippen molar-refractivity contribution in [2.45, 2.75) is 50.5 Å². The van der Waals surface area contributed by atoms with Crippen molar-refractivity contribution in [1.29, 1.82) is 0 Å². The summed E-state index contributed by atoms with van der Waals surface area (Å²) in [5.74, 6) is 0.407. The number of hydrogen-bond donors (Lipinski definition) is 0. The van der Waals surface area contributed by atoms with Gasteiger partial charge in [0.2, 0.25) is 0 Å². The van der Waals surface area contributed by atoms with Gasteiger partial charge in [-0.2, -0.15) is 0 Å². The third-order valence-corrected chi connectivity index (χ3v) is 5.68. The first-order valence-electron chi connectivity index (χ1n) is 9.13. The number of benzene rings is 1. The van der Waals surface area contributed by atoms with Gasteiger partial charge in [0.25, 0.3) is 0 Å². The topological polar surface area (TPSA) is 26.3 Å². The monoisotopic (exact) mass is 443 g/mol. The highest BCUT2D eigenvalue weighted by atomic mass is 127. The van der Waals surface area contributed by atoms with Crippen LogP contribution in [0.15, 0.2) is 30.3 Å². The average molecular weight is 443 g/mol. The normalized spacial score (nSPS) is 22.6. The van der Waals surface area contributed by atoms with E-state index in [9.17, 15) is 4.79 Å². The number of carbonyl (C=O) groups is 1. The molecular weight excluding hydrogens is 413 g/mol. The molecule has 2 aliphatic rings. The molecule has 0 N–H and O–H groups in total. The summed E-state index contributed by atoms with van der Waals surface area (Å²) in [5, 5.41) is 0. The zero-order chi connectivity index (χ0) is 16.3. The lowest BCUT2D eigenvalue weighted by atomic mass is 9.85. The van der Waals surface area contributed by atoms with E-state index in [-0.39, 0.29) is 42.0 Å². The van der Waals surface area contributed by atoms with Gasteiger partial charge in [-0.15, -0.1) is 0 Å². The van der Waals surface area contributed by atoms with Crippen LogP contribution in [0.1, 0.15) is 50.0 Å². The lowest BCUT2D eigenvalue weighted by Crippen LogP contribution is -3.00. The molecule has 0 aromatic heterocycles. The molecule has 1 heterocycles. The van der Waals surface area contributed by atoms with Gasteiger partial charge in [-0.3, -0.25) is 4.79 Å². The Morgan fingerprint density at radius 2 is 1.62 bits per heavy atom. The van der Waals surface area contributed by atoms with Crippen molar-refractivity contribution < 1.29 is 38.0 Å². The van der Waals surface area contributed by atoms with E-state index in [2.05, 4.69) is 26.2 Å². The molecule has 0 bridgehead atoms. The van der Waals surface area contributed by atoms with Gasteiger partial charge in [0.15, 0.2) is 0 Å². The van der Waals surface area contributed by atoms with E-state index in [1.807, 2.05) is 18.2 Å². The third-order valence-electron chi connectivity index (χ3n) is 5.68. The Hall–Kier alpha value is -0.620. The number of esters is 1. The molecule has 1 aliphatic heterocycles. The van der Waals surface area contributed by atoms with E-state index in [1.54, 1.807) is 0 Å². The highest BCUT2D eigenvalue weighted by Crippen LogP contribution is 2.38. The van der Waals surface area contributed by atoms with Crippen molar-refractivity contribution in [1.82, 2.24) is 0 Å². The first-order valence-corrected chi connectivity index (χ1v) is 9.13. The molecule has 1 aliphatic carbocycles. The van der Waals surface area contributed by atoms with Gasteiger partial charge in [-0.25, -0.2) is 0 Å². The SMILES string of the molecule is C[N+]1(C)CCC(OC(=O)C(c2ccccc2)C2CCCC2)CC1.[I-]. The second-order valence-electron chi connectivity index (χ2n) is 7.95. The predicted molar refractivity (Wildman–Crippen MR) is 92.1 cm³/mol. The Labute approximate surface area is 163 Å². The van der Waals surface area contributed by atoms with Gasteiger partial charge in [-0.1, -0.05) is 43.2 Å². The molecule has 134 valence electrons. The maximum absolute atomic E-state index is 12.9. The molecule has 24 heavy (non-hydrogen) atoms. The van der Waals surface area contributed by atoms with E-state index in [0.29, 0.717) is 5.92 Å². The molecule has 0 amide bonds. The quantitative estimate of drug-likeness (QED) is 0.390. The van der Waals surface area contributed by atoms with Gasteiger partial charge in [-0.05, 0) is 24.3 Å². The molecule has 2 fully saturated rings. The largest absolute Gasteiger partial charge is 1.00 e. The predicted octanol–water partition coefficient (Wildman–Crippen LogP) is 0.746. The molecule has 1 unspecified atom stereocenters. The number of halogens is 1. The van der Waals surface area contributed by atoms with Crippen LogP contribution in [0.5, 0.6) is 0 Å². The number of piperidine rings is 1. The van der Waals surface area contributed by atoms with E-state index < -0.39 is 0 Å². The van der Waals surface area contributed by atoms with Gasteiger partial charge in [0.05, 0.1) is 33.1 Å². The molecule has 1 saturated heterocycles. The maximum Gasteiger partial charge on any atom is 0.313 e. The highest BCUT2D eigenvalue weighted by molar-refractivity contribution is 5.78. The summed E-state index contributed by atoms with van der Waals surface area (Å²) in [6.07, 6.45) is 6.90.